The minimum absolute atomic E-state index is 0.510. The van der Waals surface area contributed by atoms with E-state index in [0.29, 0.717) is 6.61 Å². The van der Waals surface area contributed by atoms with E-state index in [1.165, 1.54) is 11.1 Å². The van der Waals surface area contributed by atoms with Crippen molar-refractivity contribution in [3.05, 3.63) is 34.9 Å². The van der Waals surface area contributed by atoms with Gasteiger partial charge in [-0.25, -0.2) is 0 Å². The van der Waals surface area contributed by atoms with Crippen molar-refractivity contribution >= 4 is 6.72 Å². The summed E-state index contributed by atoms with van der Waals surface area (Å²) in [6.45, 7) is 7.90. The van der Waals surface area contributed by atoms with Crippen LogP contribution in [0, 0.1) is 13.8 Å². The summed E-state index contributed by atoms with van der Waals surface area (Å²) in [5.74, 6) is 0. The lowest BCUT2D eigenvalue weighted by molar-refractivity contribution is 0.133. The minimum Gasteiger partial charge on any atom is -0.391 e. The van der Waals surface area contributed by atoms with Crippen LogP contribution in [0.1, 0.15) is 16.7 Å². The molecule has 1 aromatic rings. The predicted octanol–water partition coefficient (Wildman–Crippen LogP) is 2.44. The van der Waals surface area contributed by atoms with E-state index in [1.54, 1.807) is 0 Å². The lowest BCUT2D eigenvalue weighted by Crippen LogP contribution is -1.91. The van der Waals surface area contributed by atoms with Crippen molar-refractivity contribution in [1.29, 1.82) is 0 Å². The van der Waals surface area contributed by atoms with E-state index in [4.69, 9.17) is 4.84 Å². The molecule has 0 heterocycles. The number of benzene rings is 1. The first-order chi connectivity index (χ1) is 5.74. The van der Waals surface area contributed by atoms with Crippen molar-refractivity contribution in [2.75, 3.05) is 0 Å². The molecule has 0 aliphatic carbocycles. The Hall–Kier alpha value is -1.31. The molecule has 0 radical (unpaired) electrons. The van der Waals surface area contributed by atoms with Gasteiger partial charge in [0.25, 0.3) is 0 Å². The Morgan fingerprint density at radius 3 is 2.75 bits per heavy atom. The maximum absolute atomic E-state index is 4.85. The molecule has 0 spiro atoms. The summed E-state index contributed by atoms with van der Waals surface area (Å²) < 4.78 is 0. The van der Waals surface area contributed by atoms with Crippen molar-refractivity contribution in [3.8, 4) is 0 Å². The Morgan fingerprint density at radius 1 is 1.42 bits per heavy atom. The molecule has 0 saturated carbocycles. The zero-order valence-electron chi connectivity index (χ0n) is 7.50. The van der Waals surface area contributed by atoms with Gasteiger partial charge in [0.2, 0.25) is 0 Å². The number of hydrogen-bond donors (Lipinski definition) is 0. The average Bonchev–Trinajstić information content (AvgIpc) is 2.03. The van der Waals surface area contributed by atoms with Gasteiger partial charge < -0.3 is 4.84 Å². The van der Waals surface area contributed by atoms with Crippen molar-refractivity contribution < 1.29 is 4.84 Å². The Bertz CT molecular complexity index is 281. The van der Waals surface area contributed by atoms with Gasteiger partial charge in [0.05, 0.1) is 0 Å². The first-order valence-corrected chi connectivity index (χ1v) is 3.88. The van der Waals surface area contributed by atoms with Crippen molar-refractivity contribution in [1.82, 2.24) is 0 Å². The van der Waals surface area contributed by atoms with Crippen LogP contribution in [0.2, 0.25) is 0 Å². The summed E-state index contributed by atoms with van der Waals surface area (Å²) in [6, 6.07) is 6.24. The summed E-state index contributed by atoms with van der Waals surface area (Å²) in [5, 5.41) is 3.34. The molecular weight excluding hydrogens is 150 g/mol. The summed E-state index contributed by atoms with van der Waals surface area (Å²) in [5.41, 5.74) is 3.66. The zero-order chi connectivity index (χ0) is 8.97. The van der Waals surface area contributed by atoms with Gasteiger partial charge in [-0.3, -0.25) is 0 Å². The average molecular weight is 163 g/mol. The van der Waals surface area contributed by atoms with Gasteiger partial charge in [-0.1, -0.05) is 23.8 Å². The summed E-state index contributed by atoms with van der Waals surface area (Å²) in [4.78, 5) is 4.85. The van der Waals surface area contributed by atoms with Crippen LogP contribution in [-0.2, 0) is 11.4 Å². The molecule has 0 aromatic heterocycles. The molecule has 0 fully saturated rings. The summed E-state index contributed by atoms with van der Waals surface area (Å²) in [7, 11) is 0. The quantitative estimate of drug-likeness (QED) is 0.495. The van der Waals surface area contributed by atoms with Crippen LogP contribution in [0.15, 0.2) is 23.4 Å². The highest BCUT2D eigenvalue weighted by Crippen LogP contribution is 2.11. The molecule has 2 heteroatoms. The minimum atomic E-state index is 0.510. The number of nitrogens with zero attached hydrogens (tertiary/aromatic N) is 1. The van der Waals surface area contributed by atoms with Gasteiger partial charge in [-0.2, -0.15) is 0 Å². The van der Waals surface area contributed by atoms with Crippen LogP contribution >= 0.6 is 0 Å². The van der Waals surface area contributed by atoms with Gasteiger partial charge in [-0.15, -0.1) is 5.16 Å². The lowest BCUT2D eigenvalue weighted by Gasteiger charge is -2.04. The van der Waals surface area contributed by atoms with Crippen LogP contribution in [-0.4, -0.2) is 6.72 Å². The van der Waals surface area contributed by atoms with Crippen LogP contribution in [0.3, 0.4) is 0 Å². The SMILES string of the molecule is C=NOCc1ccc(C)cc1C. The van der Waals surface area contributed by atoms with Crippen LogP contribution in [0.5, 0.6) is 0 Å². The highest BCUT2D eigenvalue weighted by atomic mass is 16.6. The molecule has 0 N–H and O–H groups in total. The molecule has 0 aliphatic heterocycles. The second kappa shape index (κ2) is 3.90. The number of oxime groups is 1. The molecule has 0 saturated heterocycles. The molecule has 0 unspecified atom stereocenters. The number of aryl methyl sites for hydroxylation is 2. The molecule has 0 amide bonds. The molecule has 1 aromatic carbocycles. The van der Waals surface area contributed by atoms with Crippen LogP contribution in [0.4, 0.5) is 0 Å². The maximum Gasteiger partial charge on any atom is 0.142 e. The van der Waals surface area contributed by atoms with Crippen molar-refractivity contribution in [2.45, 2.75) is 20.5 Å². The van der Waals surface area contributed by atoms with Crippen LogP contribution in [0.25, 0.3) is 0 Å². The highest BCUT2D eigenvalue weighted by molar-refractivity contribution is 5.29. The molecule has 0 aliphatic rings. The first-order valence-electron chi connectivity index (χ1n) is 3.88. The summed E-state index contributed by atoms with van der Waals surface area (Å²) in [6.07, 6.45) is 0. The van der Waals surface area contributed by atoms with E-state index in [-0.39, 0.29) is 0 Å². The molecule has 64 valence electrons. The zero-order valence-corrected chi connectivity index (χ0v) is 7.50. The third-order valence-corrected chi connectivity index (χ3v) is 1.81. The topological polar surface area (TPSA) is 21.6 Å². The van der Waals surface area contributed by atoms with E-state index in [1.807, 2.05) is 0 Å². The second-order valence-corrected chi connectivity index (χ2v) is 2.83. The van der Waals surface area contributed by atoms with E-state index in [9.17, 15) is 0 Å². The van der Waals surface area contributed by atoms with E-state index in [0.717, 1.165) is 5.56 Å². The van der Waals surface area contributed by atoms with E-state index < -0.39 is 0 Å². The van der Waals surface area contributed by atoms with Gasteiger partial charge in [-0.05, 0) is 25.0 Å². The monoisotopic (exact) mass is 163 g/mol. The smallest absolute Gasteiger partial charge is 0.142 e. The van der Waals surface area contributed by atoms with E-state index in [2.05, 4.69) is 43.9 Å². The number of rotatable bonds is 3. The molecular formula is C10H13NO. The first kappa shape index (κ1) is 8.78. The molecule has 2 nitrogen and oxygen atoms in total. The Labute approximate surface area is 72.9 Å². The predicted molar refractivity (Wildman–Crippen MR) is 50.3 cm³/mol. The molecule has 0 bridgehead atoms. The van der Waals surface area contributed by atoms with Gasteiger partial charge in [0.15, 0.2) is 0 Å². The Kier molecular flexibility index (Phi) is 2.86. The fraction of sp³-hybridized carbons (Fsp3) is 0.300. The maximum atomic E-state index is 4.85. The standard InChI is InChI=1S/C10H13NO/c1-8-4-5-10(7-12-11-3)9(2)6-8/h4-6H,3,7H2,1-2H3. The molecule has 1 rings (SSSR count). The highest BCUT2D eigenvalue weighted by Gasteiger charge is 1.97. The van der Waals surface area contributed by atoms with Crippen molar-refractivity contribution in [2.24, 2.45) is 5.16 Å². The normalized spacial score (nSPS) is 9.50. The largest absolute Gasteiger partial charge is 0.391 e. The third-order valence-electron chi connectivity index (χ3n) is 1.81. The summed E-state index contributed by atoms with van der Waals surface area (Å²) >= 11 is 0. The Morgan fingerprint density at radius 2 is 2.17 bits per heavy atom. The molecule has 12 heavy (non-hydrogen) atoms. The van der Waals surface area contributed by atoms with Gasteiger partial charge in [0, 0.05) is 6.72 Å². The third kappa shape index (κ3) is 2.09. The Balaban J connectivity index is 2.78. The fourth-order valence-corrected chi connectivity index (χ4v) is 1.12. The number of hydrogen-bond acceptors (Lipinski definition) is 2. The van der Waals surface area contributed by atoms with Gasteiger partial charge >= 0.3 is 0 Å². The van der Waals surface area contributed by atoms with E-state index >= 15 is 0 Å². The molecule has 0 atom stereocenters. The van der Waals surface area contributed by atoms with Crippen LogP contribution < -0.4 is 0 Å². The lowest BCUT2D eigenvalue weighted by atomic mass is 10.1. The van der Waals surface area contributed by atoms with Gasteiger partial charge in [0.1, 0.15) is 6.61 Å². The van der Waals surface area contributed by atoms with Crippen molar-refractivity contribution in [3.63, 3.8) is 0 Å². The fourth-order valence-electron chi connectivity index (χ4n) is 1.12. The second-order valence-electron chi connectivity index (χ2n) is 2.83.